The van der Waals surface area contributed by atoms with Gasteiger partial charge in [-0.15, -0.1) is 0 Å². The molecule has 0 bridgehead atoms. The van der Waals surface area contributed by atoms with Crippen LogP contribution in [0, 0.1) is 0 Å². The quantitative estimate of drug-likeness (QED) is 0.742. The Morgan fingerprint density at radius 1 is 1.22 bits per heavy atom. The Balaban J connectivity index is 2.07. The summed E-state index contributed by atoms with van der Waals surface area (Å²) in [5.41, 5.74) is 2.29. The molecular formula is C18H23BrN2O2. The Hall–Kier alpha value is -1.59. The van der Waals surface area contributed by atoms with Crippen LogP contribution in [0.2, 0.25) is 0 Å². The normalized spacial score (nSPS) is 10.8. The lowest BCUT2D eigenvalue weighted by atomic mass is 10.2. The molecule has 0 saturated carbocycles. The van der Waals surface area contributed by atoms with Gasteiger partial charge in [0.2, 0.25) is 0 Å². The van der Waals surface area contributed by atoms with Crippen LogP contribution < -0.4 is 14.8 Å². The highest BCUT2D eigenvalue weighted by Crippen LogP contribution is 2.34. The van der Waals surface area contributed by atoms with E-state index in [1.165, 1.54) is 0 Å². The first-order chi connectivity index (χ1) is 11.1. The number of halogens is 1. The average molecular weight is 379 g/mol. The number of nitrogens with zero attached hydrogens (tertiary/aromatic N) is 1. The van der Waals surface area contributed by atoms with Gasteiger partial charge in [-0.1, -0.05) is 22.0 Å². The molecule has 0 aliphatic heterocycles. The van der Waals surface area contributed by atoms with E-state index in [1.807, 2.05) is 45.2 Å². The van der Waals surface area contributed by atoms with E-state index in [0.717, 1.165) is 40.2 Å². The van der Waals surface area contributed by atoms with Crippen molar-refractivity contribution in [1.82, 2.24) is 10.3 Å². The van der Waals surface area contributed by atoms with Crippen LogP contribution in [-0.4, -0.2) is 17.7 Å². The standard InChI is InChI=1S/C18H23BrN2O2/c1-4-22-17-8-15(16(19)9-18(17)23-13(2)3)12-21-11-14-6-5-7-20-10-14/h5-10,13,21H,4,11-12H2,1-3H3. The lowest BCUT2D eigenvalue weighted by Gasteiger charge is -2.17. The molecule has 124 valence electrons. The average Bonchev–Trinajstić information content (AvgIpc) is 2.52. The maximum Gasteiger partial charge on any atom is 0.162 e. The van der Waals surface area contributed by atoms with Crippen molar-refractivity contribution in [3.05, 3.63) is 52.3 Å². The van der Waals surface area contributed by atoms with Gasteiger partial charge in [0.15, 0.2) is 11.5 Å². The highest BCUT2D eigenvalue weighted by atomic mass is 79.9. The summed E-state index contributed by atoms with van der Waals surface area (Å²) in [6.45, 7) is 8.10. The zero-order chi connectivity index (χ0) is 16.7. The van der Waals surface area contributed by atoms with E-state index in [9.17, 15) is 0 Å². The molecule has 1 aromatic carbocycles. The van der Waals surface area contributed by atoms with Crippen molar-refractivity contribution in [2.45, 2.75) is 40.0 Å². The first kappa shape index (κ1) is 17.8. The Morgan fingerprint density at radius 2 is 2.04 bits per heavy atom. The largest absolute Gasteiger partial charge is 0.490 e. The van der Waals surface area contributed by atoms with Crippen LogP contribution in [0.15, 0.2) is 41.1 Å². The second kappa shape index (κ2) is 8.89. The van der Waals surface area contributed by atoms with Gasteiger partial charge < -0.3 is 14.8 Å². The minimum absolute atomic E-state index is 0.107. The van der Waals surface area contributed by atoms with Crippen LogP contribution in [0.4, 0.5) is 0 Å². The molecule has 0 unspecified atom stereocenters. The predicted molar refractivity (Wildman–Crippen MR) is 95.9 cm³/mol. The topological polar surface area (TPSA) is 43.4 Å². The van der Waals surface area contributed by atoms with E-state index in [1.54, 1.807) is 6.20 Å². The summed E-state index contributed by atoms with van der Waals surface area (Å²) >= 11 is 3.62. The number of nitrogens with one attached hydrogen (secondary N) is 1. The van der Waals surface area contributed by atoms with Crippen molar-refractivity contribution in [2.75, 3.05) is 6.61 Å². The van der Waals surface area contributed by atoms with Crippen LogP contribution in [0.3, 0.4) is 0 Å². The Labute approximate surface area is 146 Å². The van der Waals surface area contributed by atoms with E-state index in [4.69, 9.17) is 9.47 Å². The third kappa shape index (κ3) is 5.52. The molecule has 0 spiro atoms. The zero-order valence-electron chi connectivity index (χ0n) is 13.8. The van der Waals surface area contributed by atoms with Gasteiger partial charge >= 0.3 is 0 Å². The third-order valence-electron chi connectivity index (χ3n) is 3.14. The summed E-state index contributed by atoms with van der Waals surface area (Å²) in [7, 11) is 0. The van der Waals surface area contributed by atoms with Crippen molar-refractivity contribution in [3.8, 4) is 11.5 Å². The highest BCUT2D eigenvalue weighted by Gasteiger charge is 2.12. The van der Waals surface area contributed by atoms with Gasteiger partial charge in [-0.25, -0.2) is 0 Å². The van der Waals surface area contributed by atoms with Crippen LogP contribution >= 0.6 is 15.9 Å². The molecule has 0 aliphatic carbocycles. The van der Waals surface area contributed by atoms with E-state index >= 15 is 0 Å². The minimum Gasteiger partial charge on any atom is -0.490 e. The number of aromatic nitrogens is 1. The molecule has 1 N–H and O–H groups in total. The molecule has 0 aliphatic rings. The first-order valence-corrected chi connectivity index (χ1v) is 8.61. The molecule has 0 radical (unpaired) electrons. The van der Waals surface area contributed by atoms with Gasteiger partial charge in [-0.2, -0.15) is 0 Å². The predicted octanol–water partition coefficient (Wildman–Crippen LogP) is 4.32. The fourth-order valence-corrected chi connectivity index (χ4v) is 2.63. The fourth-order valence-electron chi connectivity index (χ4n) is 2.17. The SMILES string of the molecule is CCOc1cc(CNCc2cccnc2)c(Br)cc1OC(C)C. The minimum atomic E-state index is 0.107. The smallest absolute Gasteiger partial charge is 0.162 e. The molecule has 0 saturated heterocycles. The maximum absolute atomic E-state index is 5.82. The van der Waals surface area contributed by atoms with Crippen molar-refractivity contribution in [2.24, 2.45) is 0 Å². The van der Waals surface area contributed by atoms with Crippen LogP contribution in [0.25, 0.3) is 0 Å². The number of ether oxygens (including phenoxy) is 2. The van der Waals surface area contributed by atoms with Crippen molar-refractivity contribution < 1.29 is 9.47 Å². The Kier molecular flexibility index (Phi) is 6.86. The molecule has 1 aromatic heterocycles. The lowest BCUT2D eigenvalue weighted by Crippen LogP contribution is -2.14. The Bertz CT molecular complexity index is 618. The second-order valence-corrected chi connectivity index (χ2v) is 6.31. The van der Waals surface area contributed by atoms with E-state index in [0.29, 0.717) is 6.61 Å². The molecule has 2 aromatic rings. The van der Waals surface area contributed by atoms with Gasteiger partial charge in [0.1, 0.15) is 0 Å². The third-order valence-corrected chi connectivity index (χ3v) is 3.88. The summed E-state index contributed by atoms with van der Waals surface area (Å²) in [6, 6.07) is 8.01. The Morgan fingerprint density at radius 3 is 2.70 bits per heavy atom. The van der Waals surface area contributed by atoms with Crippen molar-refractivity contribution in [3.63, 3.8) is 0 Å². The molecule has 0 atom stereocenters. The van der Waals surface area contributed by atoms with Crippen LogP contribution in [-0.2, 0) is 13.1 Å². The number of hydrogen-bond acceptors (Lipinski definition) is 4. The summed E-state index contributed by atoms with van der Waals surface area (Å²) in [4.78, 5) is 4.12. The van der Waals surface area contributed by atoms with Crippen molar-refractivity contribution >= 4 is 15.9 Å². The first-order valence-electron chi connectivity index (χ1n) is 7.81. The lowest BCUT2D eigenvalue weighted by molar-refractivity contribution is 0.223. The monoisotopic (exact) mass is 378 g/mol. The number of hydrogen-bond donors (Lipinski definition) is 1. The summed E-state index contributed by atoms with van der Waals surface area (Å²) in [6.07, 6.45) is 3.76. The molecule has 23 heavy (non-hydrogen) atoms. The van der Waals surface area contributed by atoms with E-state index in [-0.39, 0.29) is 6.10 Å². The van der Waals surface area contributed by atoms with Gasteiger partial charge in [-0.05, 0) is 50.1 Å². The number of pyridine rings is 1. The van der Waals surface area contributed by atoms with Gasteiger partial charge in [-0.3, -0.25) is 4.98 Å². The number of rotatable bonds is 8. The molecule has 0 amide bonds. The van der Waals surface area contributed by atoms with Gasteiger partial charge in [0.25, 0.3) is 0 Å². The molecule has 1 heterocycles. The van der Waals surface area contributed by atoms with Crippen LogP contribution in [0.1, 0.15) is 31.9 Å². The molecule has 5 heteroatoms. The summed E-state index contributed by atoms with van der Waals surface area (Å²) in [5.74, 6) is 1.55. The maximum atomic E-state index is 5.82. The molecule has 0 fully saturated rings. The molecule has 4 nitrogen and oxygen atoms in total. The van der Waals surface area contributed by atoms with Gasteiger partial charge in [0.05, 0.1) is 12.7 Å². The number of benzene rings is 1. The van der Waals surface area contributed by atoms with Crippen molar-refractivity contribution in [1.29, 1.82) is 0 Å². The van der Waals surface area contributed by atoms with Crippen LogP contribution in [0.5, 0.6) is 11.5 Å². The molecular weight excluding hydrogens is 356 g/mol. The second-order valence-electron chi connectivity index (χ2n) is 5.45. The summed E-state index contributed by atoms with van der Waals surface area (Å²) in [5, 5.41) is 3.42. The van der Waals surface area contributed by atoms with E-state index < -0.39 is 0 Å². The fraction of sp³-hybridized carbons (Fsp3) is 0.389. The summed E-state index contributed by atoms with van der Waals surface area (Å²) < 4.78 is 12.5. The highest BCUT2D eigenvalue weighted by molar-refractivity contribution is 9.10. The van der Waals surface area contributed by atoms with Gasteiger partial charge in [0, 0.05) is 30.0 Å². The van der Waals surface area contributed by atoms with E-state index in [2.05, 4.69) is 32.3 Å². The molecule has 2 rings (SSSR count). The zero-order valence-corrected chi connectivity index (χ0v) is 15.4.